The molecule has 5 nitrogen and oxygen atoms in total. The van der Waals surface area contributed by atoms with Gasteiger partial charge in [0.15, 0.2) is 0 Å². The van der Waals surface area contributed by atoms with Gasteiger partial charge < -0.3 is 10.1 Å². The first-order chi connectivity index (χ1) is 6.18. The minimum Gasteiger partial charge on any atom is -0.477 e. The SMILES string of the molecule is Cc1nncc2cc(C(=O)O)[nH]c12. The molecule has 0 aliphatic carbocycles. The number of rotatable bonds is 1. The molecule has 0 fully saturated rings. The van der Waals surface area contributed by atoms with Crippen LogP contribution < -0.4 is 0 Å². The van der Waals surface area contributed by atoms with Crippen LogP contribution in [0.4, 0.5) is 0 Å². The number of nitrogens with zero attached hydrogens (tertiary/aromatic N) is 2. The molecule has 0 radical (unpaired) electrons. The zero-order valence-corrected chi connectivity index (χ0v) is 6.90. The van der Waals surface area contributed by atoms with Crippen molar-refractivity contribution in [2.45, 2.75) is 6.92 Å². The third-order valence-corrected chi connectivity index (χ3v) is 1.84. The Hall–Kier alpha value is -1.91. The second kappa shape index (κ2) is 2.55. The average molecular weight is 177 g/mol. The maximum absolute atomic E-state index is 10.6. The minimum atomic E-state index is -0.976. The van der Waals surface area contributed by atoms with Gasteiger partial charge in [-0.3, -0.25) is 0 Å². The fourth-order valence-corrected chi connectivity index (χ4v) is 1.21. The molecule has 0 saturated carbocycles. The highest BCUT2D eigenvalue weighted by Crippen LogP contribution is 2.15. The van der Waals surface area contributed by atoms with Gasteiger partial charge in [0.1, 0.15) is 5.69 Å². The summed E-state index contributed by atoms with van der Waals surface area (Å²) < 4.78 is 0. The van der Waals surface area contributed by atoms with Crippen LogP contribution >= 0.6 is 0 Å². The van der Waals surface area contributed by atoms with Crippen molar-refractivity contribution >= 4 is 16.9 Å². The lowest BCUT2D eigenvalue weighted by Crippen LogP contribution is -1.95. The third-order valence-electron chi connectivity index (χ3n) is 1.84. The number of aromatic carboxylic acids is 1. The van der Waals surface area contributed by atoms with Gasteiger partial charge >= 0.3 is 5.97 Å². The highest BCUT2D eigenvalue weighted by molar-refractivity contribution is 5.93. The molecule has 2 N–H and O–H groups in total. The Kier molecular flexibility index (Phi) is 1.51. The smallest absolute Gasteiger partial charge is 0.352 e. The number of hydrogen-bond acceptors (Lipinski definition) is 3. The number of aromatic amines is 1. The summed E-state index contributed by atoms with van der Waals surface area (Å²) in [5.41, 5.74) is 1.59. The number of aryl methyl sites for hydroxylation is 1. The van der Waals surface area contributed by atoms with Crippen LogP contribution in [-0.4, -0.2) is 26.3 Å². The molecule has 2 heterocycles. The molecule has 2 aromatic rings. The van der Waals surface area contributed by atoms with Crippen LogP contribution in [-0.2, 0) is 0 Å². The molecule has 5 heteroatoms. The van der Waals surface area contributed by atoms with Crippen molar-refractivity contribution in [2.75, 3.05) is 0 Å². The van der Waals surface area contributed by atoms with E-state index in [1.54, 1.807) is 13.0 Å². The maximum Gasteiger partial charge on any atom is 0.352 e. The summed E-state index contributed by atoms with van der Waals surface area (Å²) in [5.74, 6) is -0.976. The molecule has 0 aromatic carbocycles. The molecule has 0 spiro atoms. The lowest BCUT2D eigenvalue weighted by atomic mass is 10.3. The topological polar surface area (TPSA) is 78.9 Å². The summed E-state index contributed by atoms with van der Waals surface area (Å²) in [4.78, 5) is 13.4. The number of hydrogen-bond donors (Lipinski definition) is 2. The van der Waals surface area contributed by atoms with Crippen LogP contribution in [0.15, 0.2) is 12.3 Å². The number of carbonyl (C=O) groups is 1. The van der Waals surface area contributed by atoms with E-state index in [0.717, 1.165) is 10.9 Å². The molecule has 2 rings (SSSR count). The number of carboxylic acid groups (broad SMARTS) is 1. The molecule has 0 atom stereocenters. The Morgan fingerprint density at radius 1 is 1.62 bits per heavy atom. The first-order valence-corrected chi connectivity index (χ1v) is 3.73. The van der Waals surface area contributed by atoms with Crippen LogP contribution in [0.2, 0.25) is 0 Å². The van der Waals surface area contributed by atoms with Crippen molar-refractivity contribution < 1.29 is 9.90 Å². The van der Waals surface area contributed by atoms with Crippen molar-refractivity contribution in [1.29, 1.82) is 0 Å². The molecule has 0 amide bonds. The molecule has 0 unspecified atom stereocenters. The monoisotopic (exact) mass is 177 g/mol. The quantitative estimate of drug-likeness (QED) is 0.680. The van der Waals surface area contributed by atoms with Crippen LogP contribution in [0.5, 0.6) is 0 Å². The molecular weight excluding hydrogens is 170 g/mol. The molecule has 0 bridgehead atoms. The van der Waals surface area contributed by atoms with Crippen LogP contribution in [0.3, 0.4) is 0 Å². The van der Waals surface area contributed by atoms with Crippen molar-refractivity contribution in [3.63, 3.8) is 0 Å². The normalized spacial score (nSPS) is 10.5. The van der Waals surface area contributed by atoms with Gasteiger partial charge in [-0.05, 0) is 13.0 Å². The molecule has 0 saturated heterocycles. The first kappa shape index (κ1) is 7.72. The molecule has 0 aliphatic rings. The molecule has 2 aromatic heterocycles. The van der Waals surface area contributed by atoms with Crippen LogP contribution in [0.1, 0.15) is 16.2 Å². The van der Waals surface area contributed by atoms with Gasteiger partial charge in [0, 0.05) is 5.39 Å². The Bertz CT molecular complexity index is 475. The first-order valence-electron chi connectivity index (χ1n) is 3.73. The predicted molar refractivity (Wildman–Crippen MR) is 45.6 cm³/mol. The zero-order valence-electron chi connectivity index (χ0n) is 6.90. The van der Waals surface area contributed by atoms with E-state index in [1.165, 1.54) is 6.20 Å². The van der Waals surface area contributed by atoms with E-state index in [4.69, 9.17) is 5.11 Å². The summed E-state index contributed by atoms with van der Waals surface area (Å²) >= 11 is 0. The average Bonchev–Trinajstić information content (AvgIpc) is 2.49. The standard InChI is InChI=1S/C8H7N3O2/c1-4-7-5(3-9-11-4)2-6(10-7)8(12)13/h2-3,10H,1H3,(H,12,13). The summed E-state index contributed by atoms with van der Waals surface area (Å²) in [6.07, 6.45) is 1.53. The summed E-state index contributed by atoms with van der Waals surface area (Å²) in [7, 11) is 0. The highest BCUT2D eigenvalue weighted by atomic mass is 16.4. The predicted octanol–water partition coefficient (Wildman–Crippen LogP) is 0.965. The summed E-state index contributed by atoms with van der Waals surface area (Å²) in [6, 6.07) is 1.54. The number of nitrogens with one attached hydrogen (secondary N) is 1. The van der Waals surface area contributed by atoms with E-state index in [2.05, 4.69) is 15.2 Å². The van der Waals surface area contributed by atoms with Gasteiger partial charge in [0.2, 0.25) is 0 Å². The molecule has 66 valence electrons. The Labute approximate surface area is 73.4 Å². The van der Waals surface area contributed by atoms with Gasteiger partial charge in [-0.15, -0.1) is 0 Å². The highest BCUT2D eigenvalue weighted by Gasteiger charge is 2.08. The Morgan fingerprint density at radius 2 is 2.38 bits per heavy atom. The number of H-pyrrole nitrogens is 1. The fourth-order valence-electron chi connectivity index (χ4n) is 1.21. The second-order valence-corrected chi connectivity index (χ2v) is 2.75. The van der Waals surface area contributed by atoms with Crippen molar-refractivity contribution in [1.82, 2.24) is 15.2 Å². The van der Waals surface area contributed by atoms with Crippen molar-refractivity contribution in [2.24, 2.45) is 0 Å². The van der Waals surface area contributed by atoms with Crippen LogP contribution in [0, 0.1) is 6.92 Å². The van der Waals surface area contributed by atoms with E-state index in [1.807, 2.05) is 0 Å². The molecular formula is C8H7N3O2. The lowest BCUT2D eigenvalue weighted by molar-refractivity contribution is 0.0691. The molecule has 0 aliphatic heterocycles. The van der Waals surface area contributed by atoms with Crippen molar-refractivity contribution in [3.8, 4) is 0 Å². The Morgan fingerprint density at radius 3 is 3.00 bits per heavy atom. The van der Waals surface area contributed by atoms with E-state index in [9.17, 15) is 4.79 Å². The van der Waals surface area contributed by atoms with Crippen LogP contribution in [0.25, 0.3) is 10.9 Å². The summed E-state index contributed by atoms with van der Waals surface area (Å²) in [6.45, 7) is 1.78. The minimum absolute atomic E-state index is 0.160. The van der Waals surface area contributed by atoms with Gasteiger partial charge in [-0.2, -0.15) is 10.2 Å². The molecule has 13 heavy (non-hydrogen) atoms. The van der Waals surface area contributed by atoms with E-state index >= 15 is 0 Å². The van der Waals surface area contributed by atoms with E-state index in [0.29, 0.717) is 5.69 Å². The second-order valence-electron chi connectivity index (χ2n) is 2.75. The fraction of sp³-hybridized carbons (Fsp3) is 0.125. The lowest BCUT2D eigenvalue weighted by Gasteiger charge is -1.90. The summed E-state index contributed by atoms with van der Waals surface area (Å²) in [5, 5.41) is 17.0. The van der Waals surface area contributed by atoms with Gasteiger partial charge in [0.05, 0.1) is 17.4 Å². The maximum atomic E-state index is 10.6. The Balaban J connectivity index is 2.75. The zero-order chi connectivity index (χ0) is 9.42. The number of carboxylic acids is 1. The third kappa shape index (κ3) is 1.14. The number of fused-ring (bicyclic) bond motifs is 1. The largest absolute Gasteiger partial charge is 0.477 e. The van der Waals surface area contributed by atoms with E-state index in [-0.39, 0.29) is 5.69 Å². The van der Waals surface area contributed by atoms with Gasteiger partial charge in [-0.1, -0.05) is 0 Å². The van der Waals surface area contributed by atoms with Crippen molar-refractivity contribution in [3.05, 3.63) is 23.7 Å². The number of aromatic nitrogens is 3. The van der Waals surface area contributed by atoms with Gasteiger partial charge in [0.25, 0.3) is 0 Å². The van der Waals surface area contributed by atoms with E-state index < -0.39 is 5.97 Å². The van der Waals surface area contributed by atoms with Gasteiger partial charge in [-0.25, -0.2) is 4.79 Å².